The highest BCUT2D eigenvalue weighted by Crippen LogP contribution is 2.26. The molecule has 2 aromatic rings. The predicted molar refractivity (Wildman–Crippen MR) is 85.6 cm³/mol. The van der Waals surface area contributed by atoms with E-state index in [1.165, 1.54) is 37.8 Å². The Morgan fingerprint density at radius 1 is 1.04 bits per heavy atom. The van der Waals surface area contributed by atoms with Crippen LogP contribution in [0.2, 0.25) is 0 Å². The fourth-order valence-corrected chi connectivity index (χ4v) is 4.05. The summed E-state index contributed by atoms with van der Waals surface area (Å²) in [6.45, 7) is 0. The first kappa shape index (κ1) is 18.0. The summed E-state index contributed by atoms with van der Waals surface area (Å²) in [7, 11) is -1.73. The van der Waals surface area contributed by atoms with Gasteiger partial charge in [-0.2, -0.15) is 8.42 Å². The highest BCUT2D eigenvalue weighted by molar-refractivity contribution is 7.87. The van der Waals surface area contributed by atoms with E-state index in [2.05, 4.69) is 9.47 Å². The van der Waals surface area contributed by atoms with Crippen LogP contribution < -0.4 is 4.18 Å². The fraction of sp³-hybridized carbons (Fsp3) is 0.200. The van der Waals surface area contributed by atoms with Gasteiger partial charge in [-0.1, -0.05) is 12.1 Å². The van der Waals surface area contributed by atoms with Gasteiger partial charge in [0.2, 0.25) is 0 Å². The number of thiophene rings is 1. The molecule has 0 atom stereocenters. The van der Waals surface area contributed by atoms with Gasteiger partial charge in [0.1, 0.15) is 15.5 Å². The van der Waals surface area contributed by atoms with Gasteiger partial charge in [0.25, 0.3) is 0 Å². The van der Waals surface area contributed by atoms with Crippen LogP contribution in [-0.4, -0.2) is 34.6 Å². The lowest BCUT2D eigenvalue weighted by atomic mass is 10.1. The maximum Gasteiger partial charge on any atom is 0.349 e. The lowest BCUT2D eigenvalue weighted by molar-refractivity contribution is -0.139. The topological polar surface area (TPSA) is 96.0 Å². The first-order valence-corrected chi connectivity index (χ1v) is 8.92. The smallest absolute Gasteiger partial charge is 0.349 e. The Balaban J connectivity index is 2.19. The average molecular weight is 370 g/mol. The zero-order valence-electron chi connectivity index (χ0n) is 12.8. The van der Waals surface area contributed by atoms with Crippen LogP contribution in [0.25, 0.3) is 0 Å². The molecular formula is C15H14O7S2. The molecule has 1 aromatic heterocycles. The molecule has 0 fully saturated rings. The summed E-state index contributed by atoms with van der Waals surface area (Å²) >= 11 is 0.946. The Bertz CT molecular complexity index is 835. The van der Waals surface area contributed by atoms with E-state index in [-0.39, 0.29) is 21.9 Å². The van der Waals surface area contributed by atoms with Crippen molar-refractivity contribution in [3.8, 4) is 5.75 Å². The van der Waals surface area contributed by atoms with E-state index < -0.39 is 22.1 Å². The molecule has 0 aliphatic rings. The minimum atomic E-state index is -4.18. The lowest BCUT2D eigenvalue weighted by Gasteiger charge is -2.08. The Hall–Kier alpha value is -2.39. The Morgan fingerprint density at radius 3 is 2.29 bits per heavy atom. The Morgan fingerprint density at radius 2 is 1.71 bits per heavy atom. The predicted octanol–water partition coefficient (Wildman–Crippen LogP) is 2.02. The van der Waals surface area contributed by atoms with Crippen LogP contribution >= 0.6 is 11.3 Å². The maximum atomic E-state index is 12.3. The van der Waals surface area contributed by atoms with Crippen LogP contribution in [-0.2, 0) is 30.8 Å². The zero-order valence-corrected chi connectivity index (χ0v) is 14.5. The third-order valence-electron chi connectivity index (χ3n) is 2.97. The zero-order chi connectivity index (χ0) is 17.7. The number of ether oxygens (including phenoxy) is 2. The molecule has 0 unspecified atom stereocenters. The summed E-state index contributed by atoms with van der Waals surface area (Å²) in [6.07, 6.45) is 0.0700. The molecule has 128 valence electrons. The molecule has 0 saturated heterocycles. The van der Waals surface area contributed by atoms with Gasteiger partial charge in [0, 0.05) is 0 Å². The van der Waals surface area contributed by atoms with Gasteiger partial charge >= 0.3 is 22.1 Å². The molecule has 0 amide bonds. The van der Waals surface area contributed by atoms with Crippen molar-refractivity contribution in [3.63, 3.8) is 0 Å². The number of rotatable bonds is 6. The lowest BCUT2D eigenvalue weighted by Crippen LogP contribution is -2.13. The highest BCUT2D eigenvalue weighted by atomic mass is 32.2. The SMILES string of the molecule is COC(=O)Cc1ccc(OS(=O)(=O)c2ccsc2C(=O)OC)cc1. The van der Waals surface area contributed by atoms with Crippen LogP contribution in [0.4, 0.5) is 0 Å². The van der Waals surface area contributed by atoms with Crippen molar-refractivity contribution in [2.24, 2.45) is 0 Å². The van der Waals surface area contributed by atoms with E-state index >= 15 is 0 Å². The van der Waals surface area contributed by atoms with Crippen molar-refractivity contribution < 1.29 is 31.7 Å². The molecule has 0 saturated carbocycles. The van der Waals surface area contributed by atoms with E-state index in [0.717, 1.165) is 11.3 Å². The standard InChI is InChI=1S/C15H14O7S2/c1-20-13(16)9-10-3-5-11(6-4-10)22-24(18,19)12-7-8-23-14(12)15(17)21-2/h3-8H,9H2,1-2H3. The summed E-state index contributed by atoms with van der Waals surface area (Å²) in [5, 5.41) is 1.46. The van der Waals surface area contributed by atoms with Gasteiger partial charge in [-0.15, -0.1) is 11.3 Å². The average Bonchev–Trinajstić information content (AvgIpc) is 3.06. The van der Waals surface area contributed by atoms with E-state index in [0.29, 0.717) is 5.56 Å². The van der Waals surface area contributed by atoms with E-state index in [9.17, 15) is 18.0 Å². The van der Waals surface area contributed by atoms with Gasteiger partial charge in [0.15, 0.2) is 0 Å². The number of carbonyl (C=O) groups is 2. The normalized spacial score (nSPS) is 10.9. The van der Waals surface area contributed by atoms with Crippen LogP contribution in [0.1, 0.15) is 15.2 Å². The highest BCUT2D eigenvalue weighted by Gasteiger charge is 2.26. The molecule has 0 spiro atoms. The van der Waals surface area contributed by atoms with Gasteiger partial charge in [-0.3, -0.25) is 4.79 Å². The molecule has 7 nitrogen and oxygen atoms in total. The van der Waals surface area contributed by atoms with Crippen molar-refractivity contribution in [1.82, 2.24) is 0 Å². The van der Waals surface area contributed by atoms with Crippen molar-refractivity contribution in [1.29, 1.82) is 0 Å². The van der Waals surface area contributed by atoms with Crippen molar-refractivity contribution in [3.05, 3.63) is 46.2 Å². The van der Waals surface area contributed by atoms with Gasteiger partial charge in [-0.25, -0.2) is 4.79 Å². The van der Waals surface area contributed by atoms with Crippen molar-refractivity contribution in [2.45, 2.75) is 11.3 Å². The third kappa shape index (κ3) is 4.12. The molecule has 9 heteroatoms. The molecule has 1 heterocycles. The number of esters is 2. The van der Waals surface area contributed by atoms with E-state index in [4.69, 9.17) is 4.18 Å². The first-order chi connectivity index (χ1) is 11.4. The maximum absolute atomic E-state index is 12.3. The second-order valence-electron chi connectivity index (χ2n) is 4.54. The molecule has 24 heavy (non-hydrogen) atoms. The van der Waals surface area contributed by atoms with Gasteiger partial charge in [0.05, 0.1) is 20.6 Å². The minimum absolute atomic E-state index is 0.0557. The summed E-state index contributed by atoms with van der Waals surface area (Å²) in [4.78, 5) is 22.5. The van der Waals surface area contributed by atoms with Crippen LogP contribution in [0.5, 0.6) is 5.75 Å². The van der Waals surface area contributed by atoms with Gasteiger partial charge < -0.3 is 13.7 Å². The molecule has 2 rings (SSSR count). The van der Waals surface area contributed by atoms with Gasteiger partial charge in [-0.05, 0) is 29.1 Å². The summed E-state index contributed by atoms with van der Waals surface area (Å²) in [5.41, 5.74) is 0.650. The van der Waals surface area contributed by atoms with E-state index in [1.807, 2.05) is 0 Å². The van der Waals surface area contributed by atoms with E-state index in [1.54, 1.807) is 12.1 Å². The van der Waals surface area contributed by atoms with Crippen LogP contribution in [0, 0.1) is 0 Å². The largest absolute Gasteiger partial charge is 0.469 e. The molecule has 0 aliphatic heterocycles. The molecule has 0 aliphatic carbocycles. The molecule has 0 N–H and O–H groups in total. The number of methoxy groups -OCH3 is 2. The number of hydrogen-bond donors (Lipinski definition) is 0. The third-order valence-corrected chi connectivity index (χ3v) is 5.29. The fourth-order valence-electron chi connectivity index (χ4n) is 1.81. The van der Waals surface area contributed by atoms with Crippen LogP contribution in [0.3, 0.4) is 0 Å². The molecule has 0 radical (unpaired) electrons. The number of hydrogen-bond acceptors (Lipinski definition) is 8. The number of carbonyl (C=O) groups excluding carboxylic acids is 2. The summed E-state index contributed by atoms with van der Waals surface area (Å²) in [6, 6.07) is 7.21. The quantitative estimate of drug-likeness (QED) is 0.567. The Kier molecular flexibility index (Phi) is 5.58. The minimum Gasteiger partial charge on any atom is -0.469 e. The van der Waals surface area contributed by atoms with Crippen molar-refractivity contribution in [2.75, 3.05) is 14.2 Å². The molecular weight excluding hydrogens is 356 g/mol. The second kappa shape index (κ2) is 7.45. The van der Waals surface area contributed by atoms with Crippen LogP contribution in [0.15, 0.2) is 40.6 Å². The summed E-state index contributed by atoms with van der Waals surface area (Å²) in [5.74, 6) is -1.09. The second-order valence-corrected chi connectivity index (χ2v) is 6.97. The monoisotopic (exact) mass is 370 g/mol. The first-order valence-electron chi connectivity index (χ1n) is 6.63. The van der Waals surface area contributed by atoms with Crippen molar-refractivity contribution >= 4 is 33.4 Å². The Labute approximate surface area is 142 Å². The number of benzene rings is 1. The summed E-state index contributed by atoms with van der Waals surface area (Å²) < 4.78 is 38.8. The molecule has 1 aromatic carbocycles. The molecule has 0 bridgehead atoms.